The summed E-state index contributed by atoms with van der Waals surface area (Å²) in [5.41, 5.74) is 9.42. The van der Waals surface area contributed by atoms with Crippen LogP contribution >= 0.6 is 0 Å². The molecule has 1 aliphatic heterocycles. The molecule has 3 rings (SSSR count). The maximum Gasteiger partial charge on any atom is 0.0717 e. The quantitative estimate of drug-likeness (QED) is 0.818. The Morgan fingerprint density at radius 3 is 2.89 bits per heavy atom. The molecular formula is C16H24N2O. The van der Waals surface area contributed by atoms with Crippen molar-refractivity contribution in [3.05, 3.63) is 23.8 Å². The smallest absolute Gasteiger partial charge is 0.0717 e. The zero-order valence-electron chi connectivity index (χ0n) is 11.5. The van der Waals surface area contributed by atoms with E-state index < -0.39 is 0 Å². The number of rotatable bonds is 4. The van der Waals surface area contributed by atoms with Crippen molar-refractivity contribution in [3.63, 3.8) is 0 Å². The summed E-state index contributed by atoms with van der Waals surface area (Å²) in [6.07, 6.45) is 7.09. The normalized spacial score (nSPS) is 20.8. The van der Waals surface area contributed by atoms with Gasteiger partial charge in [-0.05, 0) is 30.4 Å². The minimum atomic E-state index is -0.214. The number of nitrogens with two attached hydrogens (primary N) is 1. The standard InChI is InChI=1S/C16H24N2O/c17-15-7-3-6-13-8-9-18(16(13)15)11-14(19)10-12-4-1-2-5-12/h3,6-7,12,14,19H,1-2,4-5,8-11,17H2. The summed E-state index contributed by atoms with van der Waals surface area (Å²) in [6, 6.07) is 6.13. The fourth-order valence-corrected chi connectivity index (χ4v) is 3.71. The second-order valence-electron chi connectivity index (χ2n) is 6.09. The summed E-state index contributed by atoms with van der Waals surface area (Å²) in [4.78, 5) is 2.27. The Labute approximate surface area is 115 Å². The molecule has 1 saturated carbocycles. The van der Waals surface area contributed by atoms with Gasteiger partial charge in [0, 0.05) is 13.1 Å². The van der Waals surface area contributed by atoms with E-state index in [4.69, 9.17) is 5.73 Å². The van der Waals surface area contributed by atoms with Crippen LogP contribution in [0.3, 0.4) is 0 Å². The number of hydrogen-bond donors (Lipinski definition) is 2. The van der Waals surface area contributed by atoms with Crippen LogP contribution in [-0.2, 0) is 6.42 Å². The van der Waals surface area contributed by atoms with E-state index >= 15 is 0 Å². The van der Waals surface area contributed by atoms with Crippen molar-refractivity contribution >= 4 is 11.4 Å². The average molecular weight is 260 g/mol. The zero-order chi connectivity index (χ0) is 13.2. The van der Waals surface area contributed by atoms with Crippen molar-refractivity contribution in [2.24, 2.45) is 5.92 Å². The van der Waals surface area contributed by atoms with Crippen LogP contribution in [0, 0.1) is 5.92 Å². The van der Waals surface area contributed by atoms with Crippen LogP contribution in [0.2, 0.25) is 0 Å². The number of nitrogen functional groups attached to an aromatic ring is 1. The molecule has 3 nitrogen and oxygen atoms in total. The summed E-state index contributed by atoms with van der Waals surface area (Å²) in [5.74, 6) is 0.741. The predicted octanol–water partition coefficient (Wildman–Crippen LogP) is 2.57. The molecule has 0 amide bonds. The second-order valence-corrected chi connectivity index (χ2v) is 6.09. The van der Waals surface area contributed by atoms with Gasteiger partial charge in [0.15, 0.2) is 0 Å². The van der Waals surface area contributed by atoms with E-state index in [1.165, 1.54) is 31.2 Å². The second kappa shape index (κ2) is 5.41. The molecule has 1 atom stereocenters. The van der Waals surface area contributed by atoms with Crippen molar-refractivity contribution in [3.8, 4) is 0 Å². The first kappa shape index (κ1) is 12.8. The highest BCUT2D eigenvalue weighted by molar-refractivity contribution is 5.74. The minimum absolute atomic E-state index is 0.214. The Balaban J connectivity index is 1.62. The molecule has 0 spiro atoms. The van der Waals surface area contributed by atoms with E-state index in [1.54, 1.807) is 0 Å². The van der Waals surface area contributed by atoms with E-state index in [9.17, 15) is 5.11 Å². The molecule has 1 aromatic rings. The number of β-amino-alcohol motifs (C(OH)–C–C–N with tert-alkyl or cyclic N) is 1. The highest BCUT2D eigenvalue weighted by atomic mass is 16.3. The summed E-state index contributed by atoms with van der Waals surface area (Å²) < 4.78 is 0. The van der Waals surface area contributed by atoms with Crippen LogP contribution in [0.5, 0.6) is 0 Å². The maximum absolute atomic E-state index is 10.3. The predicted molar refractivity (Wildman–Crippen MR) is 79.4 cm³/mol. The van der Waals surface area contributed by atoms with E-state index in [0.717, 1.165) is 43.2 Å². The van der Waals surface area contributed by atoms with Gasteiger partial charge in [0.05, 0.1) is 17.5 Å². The fraction of sp³-hybridized carbons (Fsp3) is 0.625. The van der Waals surface area contributed by atoms with Gasteiger partial charge in [0.2, 0.25) is 0 Å². The number of nitrogens with zero attached hydrogens (tertiary/aromatic N) is 1. The van der Waals surface area contributed by atoms with E-state index in [-0.39, 0.29) is 6.10 Å². The van der Waals surface area contributed by atoms with Crippen LogP contribution in [-0.4, -0.2) is 24.3 Å². The summed E-state index contributed by atoms with van der Waals surface area (Å²) in [7, 11) is 0. The van der Waals surface area contributed by atoms with Gasteiger partial charge in [-0.1, -0.05) is 37.8 Å². The molecule has 0 radical (unpaired) electrons. The van der Waals surface area contributed by atoms with Crippen LogP contribution < -0.4 is 10.6 Å². The van der Waals surface area contributed by atoms with Gasteiger partial charge in [-0.2, -0.15) is 0 Å². The lowest BCUT2D eigenvalue weighted by atomic mass is 10.00. The van der Waals surface area contributed by atoms with Crippen molar-refractivity contribution < 1.29 is 5.11 Å². The third-order valence-corrected chi connectivity index (χ3v) is 4.63. The van der Waals surface area contributed by atoms with Crippen LogP contribution in [0.1, 0.15) is 37.7 Å². The van der Waals surface area contributed by atoms with Crippen molar-refractivity contribution in [2.45, 2.75) is 44.6 Å². The monoisotopic (exact) mass is 260 g/mol. The lowest BCUT2D eigenvalue weighted by molar-refractivity contribution is 0.148. The molecule has 0 bridgehead atoms. The molecule has 104 valence electrons. The lowest BCUT2D eigenvalue weighted by Crippen LogP contribution is -2.32. The van der Waals surface area contributed by atoms with Gasteiger partial charge in [-0.25, -0.2) is 0 Å². The Kier molecular flexibility index (Phi) is 3.65. The molecule has 1 heterocycles. The Morgan fingerprint density at radius 2 is 2.11 bits per heavy atom. The van der Waals surface area contributed by atoms with Gasteiger partial charge in [-0.15, -0.1) is 0 Å². The molecule has 0 saturated heterocycles. The van der Waals surface area contributed by atoms with Gasteiger partial charge in [-0.3, -0.25) is 0 Å². The largest absolute Gasteiger partial charge is 0.397 e. The average Bonchev–Trinajstić information content (AvgIpc) is 3.00. The van der Waals surface area contributed by atoms with Crippen LogP contribution in [0.4, 0.5) is 11.4 Å². The number of benzene rings is 1. The summed E-state index contributed by atoms with van der Waals surface area (Å²) in [5, 5.41) is 10.3. The zero-order valence-corrected chi connectivity index (χ0v) is 11.5. The fourth-order valence-electron chi connectivity index (χ4n) is 3.71. The molecule has 3 heteroatoms. The number of aliphatic hydroxyl groups is 1. The number of anilines is 2. The molecule has 3 N–H and O–H groups in total. The third-order valence-electron chi connectivity index (χ3n) is 4.63. The Morgan fingerprint density at radius 1 is 1.32 bits per heavy atom. The van der Waals surface area contributed by atoms with Gasteiger partial charge < -0.3 is 15.7 Å². The molecule has 1 aromatic carbocycles. The maximum atomic E-state index is 10.3. The molecule has 0 aromatic heterocycles. The Bertz CT molecular complexity index is 440. The van der Waals surface area contributed by atoms with Crippen LogP contribution in [0.25, 0.3) is 0 Å². The van der Waals surface area contributed by atoms with E-state index in [2.05, 4.69) is 11.0 Å². The van der Waals surface area contributed by atoms with Gasteiger partial charge in [0.25, 0.3) is 0 Å². The summed E-state index contributed by atoms with van der Waals surface area (Å²) >= 11 is 0. The third kappa shape index (κ3) is 2.71. The minimum Gasteiger partial charge on any atom is -0.397 e. The lowest BCUT2D eigenvalue weighted by Gasteiger charge is -2.25. The van der Waals surface area contributed by atoms with E-state index in [1.807, 2.05) is 12.1 Å². The Hall–Kier alpha value is -1.22. The molecule has 19 heavy (non-hydrogen) atoms. The first-order chi connectivity index (χ1) is 9.24. The van der Waals surface area contributed by atoms with Crippen molar-refractivity contribution in [1.29, 1.82) is 0 Å². The molecule has 2 aliphatic rings. The van der Waals surface area contributed by atoms with Crippen molar-refractivity contribution in [1.82, 2.24) is 0 Å². The molecule has 1 unspecified atom stereocenters. The number of aliphatic hydroxyl groups excluding tert-OH is 1. The van der Waals surface area contributed by atoms with Crippen LogP contribution in [0.15, 0.2) is 18.2 Å². The highest BCUT2D eigenvalue weighted by Crippen LogP contribution is 2.34. The molecule has 1 aliphatic carbocycles. The topological polar surface area (TPSA) is 49.5 Å². The van der Waals surface area contributed by atoms with Gasteiger partial charge >= 0.3 is 0 Å². The van der Waals surface area contributed by atoms with Crippen molar-refractivity contribution in [2.75, 3.05) is 23.7 Å². The number of para-hydroxylation sites is 1. The highest BCUT2D eigenvalue weighted by Gasteiger charge is 2.25. The number of fused-ring (bicyclic) bond motifs is 1. The van der Waals surface area contributed by atoms with E-state index in [0.29, 0.717) is 0 Å². The first-order valence-electron chi connectivity index (χ1n) is 7.54. The van der Waals surface area contributed by atoms with Gasteiger partial charge in [0.1, 0.15) is 0 Å². The first-order valence-corrected chi connectivity index (χ1v) is 7.54. The molecule has 1 fully saturated rings. The summed E-state index contributed by atoms with van der Waals surface area (Å²) in [6.45, 7) is 1.73. The molecular weight excluding hydrogens is 236 g/mol. The number of hydrogen-bond acceptors (Lipinski definition) is 3. The SMILES string of the molecule is Nc1cccc2c1N(CC(O)CC1CCCC1)CC2.